The van der Waals surface area contributed by atoms with Crippen molar-refractivity contribution in [3.8, 4) is 5.75 Å². The molecule has 0 fully saturated rings. The number of anilines is 1. The Balaban J connectivity index is 2.54. The van der Waals surface area contributed by atoms with E-state index in [2.05, 4.69) is 4.74 Å². The Labute approximate surface area is 144 Å². The zero-order valence-electron chi connectivity index (χ0n) is 12.7. The first-order valence-corrected chi connectivity index (χ1v) is 7.24. The summed E-state index contributed by atoms with van der Waals surface area (Å²) < 4.78 is 73.3. The van der Waals surface area contributed by atoms with Crippen LogP contribution in [0.25, 0.3) is 0 Å². The fraction of sp³-hybridized carbons (Fsp3) is 0.250. The van der Waals surface area contributed by atoms with Crippen LogP contribution >= 0.6 is 11.6 Å². The summed E-state index contributed by atoms with van der Waals surface area (Å²) in [6.07, 6.45) is -10.8. The molecule has 0 saturated heterocycles. The normalized spacial score (nSPS) is 14.9. The van der Waals surface area contributed by atoms with Gasteiger partial charge in [-0.15, -0.1) is 0 Å². The van der Waals surface area contributed by atoms with Crippen molar-refractivity contribution in [2.24, 2.45) is 0 Å². The summed E-state index contributed by atoms with van der Waals surface area (Å²) in [6.45, 7) is 1.33. The van der Waals surface area contributed by atoms with E-state index in [0.29, 0.717) is 6.07 Å². The van der Waals surface area contributed by atoms with Gasteiger partial charge in [-0.3, -0.25) is 0 Å². The van der Waals surface area contributed by atoms with Gasteiger partial charge >= 0.3 is 12.3 Å². The van der Waals surface area contributed by atoms with Crippen molar-refractivity contribution in [2.45, 2.75) is 24.8 Å². The molecule has 0 radical (unpaired) electrons. The third-order valence-corrected chi connectivity index (χ3v) is 3.83. The molecule has 0 aromatic heterocycles. The molecule has 2 rings (SSSR count). The number of halogens is 6. The molecule has 0 aliphatic rings. The van der Waals surface area contributed by atoms with E-state index >= 15 is 0 Å². The molecule has 25 heavy (non-hydrogen) atoms. The number of alkyl halides is 5. The Kier molecular flexibility index (Phi) is 4.89. The Morgan fingerprint density at radius 2 is 1.56 bits per heavy atom. The second kappa shape index (κ2) is 6.34. The summed E-state index contributed by atoms with van der Waals surface area (Å²) in [7, 11) is 0. The molecular weight excluding hydrogens is 369 g/mol. The summed E-state index contributed by atoms with van der Waals surface area (Å²) in [5.41, 5.74) is 0.00878. The quantitative estimate of drug-likeness (QED) is 0.598. The second-order valence-corrected chi connectivity index (χ2v) is 5.79. The van der Waals surface area contributed by atoms with E-state index in [1.807, 2.05) is 0 Å². The van der Waals surface area contributed by atoms with Crippen molar-refractivity contribution in [3.63, 3.8) is 0 Å². The highest BCUT2D eigenvalue weighted by molar-refractivity contribution is 6.30. The summed E-state index contributed by atoms with van der Waals surface area (Å²) in [5, 5.41) is 10.2. The number of benzene rings is 2. The molecule has 136 valence electrons. The van der Waals surface area contributed by atoms with E-state index in [1.54, 1.807) is 0 Å². The number of rotatable bonds is 4. The standard InChI is InChI=1S/C16H13ClF5NO2/c1-9-8-10(2-7-13(9)23)14(24,15(18,19)20)16(21,22)25-12-5-3-11(17)4-6-12/h2-8,24H,23H2,1H3. The maximum Gasteiger partial charge on any atom is 0.441 e. The lowest BCUT2D eigenvalue weighted by Gasteiger charge is -2.36. The molecule has 2 aromatic rings. The number of aryl methyl sites for hydroxylation is 1. The van der Waals surface area contributed by atoms with Crippen molar-refractivity contribution in [3.05, 3.63) is 58.6 Å². The van der Waals surface area contributed by atoms with Crippen molar-refractivity contribution < 1.29 is 31.8 Å². The number of ether oxygens (including phenoxy) is 1. The van der Waals surface area contributed by atoms with Gasteiger partial charge in [0.2, 0.25) is 0 Å². The molecule has 0 spiro atoms. The molecule has 0 bridgehead atoms. The minimum Gasteiger partial charge on any atom is -0.430 e. The van der Waals surface area contributed by atoms with Crippen molar-refractivity contribution in [2.75, 3.05) is 5.73 Å². The van der Waals surface area contributed by atoms with Gasteiger partial charge in [-0.1, -0.05) is 23.7 Å². The molecule has 2 aromatic carbocycles. The van der Waals surface area contributed by atoms with Crippen molar-refractivity contribution in [1.29, 1.82) is 0 Å². The van der Waals surface area contributed by atoms with Crippen LogP contribution in [0.1, 0.15) is 11.1 Å². The van der Waals surface area contributed by atoms with E-state index in [-0.39, 0.29) is 16.3 Å². The first-order valence-electron chi connectivity index (χ1n) is 6.86. The maximum atomic E-state index is 14.4. The number of nitrogen functional groups attached to an aromatic ring is 1. The molecule has 0 amide bonds. The molecule has 0 heterocycles. The summed E-state index contributed by atoms with van der Waals surface area (Å²) in [4.78, 5) is 0. The molecule has 3 nitrogen and oxygen atoms in total. The third-order valence-electron chi connectivity index (χ3n) is 3.58. The topological polar surface area (TPSA) is 55.5 Å². The Morgan fingerprint density at radius 1 is 1.00 bits per heavy atom. The summed E-state index contributed by atoms with van der Waals surface area (Å²) in [5.74, 6) is -0.593. The van der Waals surface area contributed by atoms with Gasteiger partial charge in [0, 0.05) is 16.3 Å². The van der Waals surface area contributed by atoms with Crippen LogP contribution in [0.5, 0.6) is 5.75 Å². The Bertz CT molecular complexity index is 764. The van der Waals surface area contributed by atoms with Gasteiger partial charge < -0.3 is 15.6 Å². The lowest BCUT2D eigenvalue weighted by Crippen LogP contribution is -2.58. The molecule has 1 unspecified atom stereocenters. The highest BCUT2D eigenvalue weighted by atomic mass is 35.5. The lowest BCUT2D eigenvalue weighted by atomic mass is 9.90. The van der Waals surface area contributed by atoms with E-state index in [0.717, 1.165) is 36.4 Å². The van der Waals surface area contributed by atoms with Gasteiger partial charge in [-0.2, -0.15) is 22.0 Å². The largest absolute Gasteiger partial charge is 0.441 e. The van der Waals surface area contributed by atoms with E-state index in [1.165, 1.54) is 6.92 Å². The zero-order valence-corrected chi connectivity index (χ0v) is 13.5. The molecular formula is C16H13ClF5NO2. The van der Waals surface area contributed by atoms with Gasteiger partial charge in [-0.25, -0.2) is 0 Å². The average Bonchev–Trinajstić information content (AvgIpc) is 2.50. The average molecular weight is 382 g/mol. The van der Waals surface area contributed by atoms with Crippen LogP contribution in [0.4, 0.5) is 27.6 Å². The SMILES string of the molecule is Cc1cc(C(O)(C(F)(F)F)C(F)(F)Oc2ccc(Cl)cc2)ccc1N. The van der Waals surface area contributed by atoms with Gasteiger partial charge in [-0.05, 0) is 42.8 Å². The zero-order chi connectivity index (χ0) is 19.0. The van der Waals surface area contributed by atoms with Crippen molar-refractivity contribution in [1.82, 2.24) is 0 Å². The van der Waals surface area contributed by atoms with Crippen LogP contribution in [0.2, 0.25) is 5.02 Å². The Hall–Kier alpha value is -2.06. The Morgan fingerprint density at radius 3 is 2.04 bits per heavy atom. The monoisotopic (exact) mass is 381 g/mol. The minimum atomic E-state index is -5.73. The van der Waals surface area contributed by atoms with Gasteiger partial charge in [0.25, 0.3) is 5.60 Å². The molecule has 1 atom stereocenters. The molecule has 9 heteroatoms. The van der Waals surface area contributed by atoms with Crippen LogP contribution in [0.15, 0.2) is 42.5 Å². The number of hydrogen-bond acceptors (Lipinski definition) is 3. The second-order valence-electron chi connectivity index (χ2n) is 5.35. The minimum absolute atomic E-state index is 0.0928. The van der Waals surface area contributed by atoms with Crippen LogP contribution in [0, 0.1) is 6.92 Å². The van der Waals surface area contributed by atoms with Crippen LogP contribution in [-0.4, -0.2) is 17.4 Å². The van der Waals surface area contributed by atoms with E-state index in [9.17, 15) is 27.1 Å². The third kappa shape index (κ3) is 3.50. The van der Waals surface area contributed by atoms with Gasteiger partial charge in [0.05, 0.1) is 0 Å². The summed E-state index contributed by atoms with van der Waals surface area (Å²) >= 11 is 5.59. The lowest BCUT2D eigenvalue weighted by molar-refractivity contribution is -0.390. The van der Waals surface area contributed by atoms with Crippen LogP contribution in [0.3, 0.4) is 0 Å². The first-order chi connectivity index (χ1) is 11.4. The molecule has 0 aliphatic heterocycles. The molecule has 0 saturated carbocycles. The maximum absolute atomic E-state index is 14.4. The van der Waals surface area contributed by atoms with Gasteiger partial charge in [0.15, 0.2) is 0 Å². The fourth-order valence-electron chi connectivity index (χ4n) is 2.12. The predicted octanol–water partition coefficient (Wildman–Crippen LogP) is 4.65. The van der Waals surface area contributed by atoms with E-state index in [4.69, 9.17) is 17.3 Å². The van der Waals surface area contributed by atoms with Crippen molar-refractivity contribution >= 4 is 17.3 Å². The number of aliphatic hydroxyl groups is 1. The molecule has 0 aliphatic carbocycles. The van der Waals surface area contributed by atoms with Gasteiger partial charge in [0.1, 0.15) is 5.75 Å². The smallest absolute Gasteiger partial charge is 0.430 e. The molecule has 3 N–H and O–H groups in total. The number of nitrogens with two attached hydrogens (primary N) is 1. The first kappa shape index (κ1) is 19.3. The predicted molar refractivity (Wildman–Crippen MR) is 82.6 cm³/mol. The highest BCUT2D eigenvalue weighted by Gasteiger charge is 2.72. The van der Waals surface area contributed by atoms with Crippen LogP contribution < -0.4 is 10.5 Å². The van der Waals surface area contributed by atoms with Crippen LogP contribution in [-0.2, 0) is 5.60 Å². The number of hydrogen-bond donors (Lipinski definition) is 2. The highest BCUT2D eigenvalue weighted by Crippen LogP contribution is 2.50. The van der Waals surface area contributed by atoms with E-state index < -0.39 is 29.2 Å². The summed E-state index contributed by atoms with van der Waals surface area (Å²) in [6, 6.07) is 6.65. The fourth-order valence-corrected chi connectivity index (χ4v) is 2.25.